The Morgan fingerprint density at radius 3 is 3.08 bits per heavy atom. The third kappa shape index (κ3) is 3.02. The summed E-state index contributed by atoms with van der Waals surface area (Å²) in [5.41, 5.74) is 2.44. The molecule has 3 aliphatic rings. The summed E-state index contributed by atoms with van der Waals surface area (Å²) in [5.74, 6) is -0.290. The predicted molar refractivity (Wildman–Crippen MR) is 87.5 cm³/mol. The minimum absolute atomic E-state index is 0.0400. The molecular formula is C17H26N4O3. The molecule has 2 N–H and O–H groups in total. The van der Waals surface area contributed by atoms with Crippen molar-refractivity contribution >= 4 is 6.03 Å². The van der Waals surface area contributed by atoms with Crippen LogP contribution in [0, 0.1) is 5.92 Å². The van der Waals surface area contributed by atoms with Gasteiger partial charge in [-0.15, -0.1) is 0 Å². The summed E-state index contributed by atoms with van der Waals surface area (Å²) < 4.78 is 11.6. The van der Waals surface area contributed by atoms with Crippen molar-refractivity contribution in [1.29, 1.82) is 0 Å². The minimum atomic E-state index is -0.532. The Bertz CT molecular complexity index is 596. The van der Waals surface area contributed by atoms with Crippen LogP contribution >= 0.6 is 0 Å². The van der Waals surface area contributed by atoms with Gasteiger partial charge in [0.15, 0.2) is 5.79 Å². The largest absolute Gasteiger partial charge is 0.347 e. The number of aromatic amines is 1. The maximum Gasteiger partial charge on any atom is 0.317 e. The van der Waals surface area contributed by atoms with E-state index in [2.05, 4.69) is 15.5 Å². The second kappa shape index (κ2) is 6.37. The van der Waals surface area contributed by atoms with Crippen LogP contribution < -0.4 is 5.32 Å². The van der Waals surface area contributed by atoms with Crippen LogP contribution in [0.3, 0.4) is 0 Å². The van der Waals surface area contributed by atoms with E-state index in [0.29, 0.717) is 19.8 Å². The summed E-state index contributed by atoms with van der Waals surface area (Å²) in [6, 6.07) is 0.232. The highest BCUT2D eigenvalue weighted by Gasteiger charge is 2.42. The monoisotopic (exact) mass is 334 g/mol. The summed E-state index contributed by atoms with van der Waals surface area (Å²) >= 11 is 0. The fourth-order valence-corrected chi connectivity index (χ4v) is 4.16. The van der Waals surface area contributed by atoms with Crippen molar-refractivity contribution in [1.82, 2.24) is 20.4 Å². The lowest BCUT2D eigenvalue weighted by Gasteiger charge is -2.40. The number of aromatic nitrogens is 2. The second-order valence-electron chi connectivity index (χ2n) is 7.26. The molecule has 24 heavy (non-hydrogen) atoms. The van der Waals surface area contributed by atoms with Gasteiger partial charge in [0.25, 0.3) is 0 Å². The van der Waals surface area contributed by atoms with Crippen LogP contribution in [0.5, 0.6) is 0 Å². The van der Waals surface area contributed by atoms with E-state index in [0.717, 1.165) is 38.6 Å². The molecule has 0 radical (unpaired) electrons. The fourth-order valence-electron chi connectivity index (χ4n) is 4.16. The molecule has 1 aromatic rings. The molecular weight excluding hydrogens is 308 g/mol. The SMILES string of the molecule is CC1([C@@H]2CCCN(C(=O)N[C@H]3CCc4[nH]ncc4C3)C2)OCCO1. The normalized spacial score (nSPS) is 29.3. The van der Waals surface area contributed by atoms with Gasteiger partial charge in [0.2, 0.25) is 0 Å². The first-order valence-electron chi connectivity index (χ1n) is 8.98. The lowest BCUT2D eigenvalue weighted by molar-refractivity contribution is -0.189. The number of ether oxygens (including phenoxy) is 2. The highest BCUT2D eigenvalue weighted by atomic mass is 16.7. The van der Waals surface area contributed by atoms with Gasteiger partial charge in [0.1, 0.15) is 0 Å². The molecule has 132 valence electrons. The van der Waals surface area contributed by atoms with Crippen molar-refractivity contribution in [3.63, 3.8) is 0 Å². The molecule has 0 saturated carbocycles. The lowest BCUT2D eigenvalue weighted by Crippen LogP contribution is -2.53. The maximum atomic E-state index is 12.7. The number of H-pyrrole nitrogens is 1. The molecule has 2 fully saturated rings. The van der Waals surface area contributed by atoms with E-state index in [9.17, 15) is 4.79 Å². The van der Waals surface area contributed by atoms with Crippen LogP contribution in [0.25, 0.3) is 0 Å². The third-order valence-electron chi connectivity index (χ3n) is 5.66. The van der Waals surface area contributed by atoms with Gasteiger partial charge in [-0.05, 0) is 44.6 Å². The first kappa shape index (κ1) is 15.9. The Balaban J connectivity index is 1.34. The molecule has 2 atom stereocenters. The number of urea groups is 1. The van der Waals surface area contributed by atoms with E-state index in [1.165, 1.54) is 11.3 Å². The highest BCUT2D eigenvalue weighted by molar-refractivity contribution is 5.74. The summed E-state index contributed by atoms with van der Waals surface area (Å²) in [6.07, 6.45) is 6.68. The zero-order valence-corrected chi connectivity index (χ0v) is 14.2. The molecule has 0 bridgehead atoms. The summed E-state index contributed by atoms with van der Waals surface area (Å²) in [6.45, 7) is 4.81. The minimum Gasteiger partial charge on any atom is -0.347 e. The fraction of sp³-hybridized carbons (Fsp3) is 0.765. The number of aryl methyl sites for hydroxylation is 1. The van der Waals surface area contributed by atoms with E-state index in [4.69, 9.17) is 9.47 Å². The van der Waals surface area contributed by atoms with Gasteiger partial charge in [-0.2, -0.15) is 5.10 Å². The number of carbonyl (C=O) groups excluding carboxylic acids is 1. The molecule has 3 heterocycles. The van der Waals surface area contributed by atoms with Crippen LogP contribution in [0.15, 0.2) is 6.20 Å². The molecule has 2 saturated heterocycles. The molecule has 2 aliphatic heterocycles. The van der Waals surface area contributed by atoms with Crippen molar-refractivity contribution in [2.24, 2.45) is 5.92 Å². The number of nitrogens with zero attached hydrogens (tertiary/aromatic N) is 2. The van der Waals surface area contributed by atoms with Crippen LogP contribution in [0.2, 0.25) is 0 Å². The Morgan fingerprint density at radius 2 is 2.25 bits per heavy atom. The van der Waals surface area contributed by atoms with Gasteiger partial charge < -0.3 is 19.7 Å². The van der Waals surface area contributed by atoms with Gasteiger partial charge in [-0.1, -0.05) is 0 Å². The van der Waals surface area contributed by atoms with E-state index < -0.39 is 5.79 Å². The molecule has 7 heteroatoms. The highest BCUT2D eigenvalue weighted by Crippen LogP contribution is 2.34. The number of hydrogen-bond acceptors (Lipinski definition) is 4. The molecule has 1 aliphatic carbocycles. The Morgan fingerprint density at radius 1 is 1.42 bits per heavy atom. The van der Waals surface area contributed by atoms with E-state index in [-0.39, 0.29) is 18.0 Å². The van der Waals surface area contributed by atoms with Crippen molar-refractivity contribution < 1.29 is 14.3 Å². The van der Waals surface area contributed by atoms with Gasteiger partial charge in [-0.3, -0.25) is 5.10 Å². The zero-order valence-electron chi connectivity index (χ0n) is 14.2. The average molecular weight is 334 g/mol. The molecule has 0 unspecified atom stereocenters. The van der Waals surface area contributed by atoms with Gasteiger partial charge in [0, 0.05) is 30.7 Å². The van der Waals surface area contributed by atoms with Crippen molar-refractivity contribution in [3.05, 3.63) is 17.5 Å². The first-order chi connectivity index (χ1) is 11.6. The number of fused-ring (bicyclic) bond motifs is 1. The Labute approximate surface area is 142 Å². The smallest absolute Gasteiger partial charge is 0.317 e. The number of carbonyl (C=O) groups is 1. The number of rotatable bonds is 2. The average Bonchev–Trinajstić information content (AvgIpc) is 3.24. The van der Waals surface area contributed by atoms with Gasteiger partial charge in [0.05, 0.1) is 19.4 Å². The topological polar surface area (TPSA) is 79.5 Å². The van der Waals surface area contributed by atoms with E-state index >= 15 is 0 Å². The lowest BCUT2D eigenvalue weighted by atomic mass is 9.90. The number of likely N-dealkylation sites (tertiary alicyclic amines) is 1. The van der Waals surface area contributed by atoms with Crippen LogP contribution in [-0.2, 0) is 22.3 Å². The number of hydrogen-bond donors (Lipinski definition) is 2. The van der Waals surface area contributed by atoms with Crippen LogP contribution in [-0.4, -0.2) is 59.3 Å². The molecule has 1 aromatic heterocycles. The summed E-state index contributed by atoms with van der Waals surface area (Å²) in [5, 5.41) is 10.3. The number of amides is 2. The van der Waals surface area contributed by atoms with Crippen molar-refractivity contribution in [3.8, 4) is 0 Å². The second-order valence-corrected chi connectivity index (χ2v) is 7.26. The molecule has 4 rings (SSSR count). The standard InChI is InChI=1S/C17H26N4O3/c1-17(23-7-8-24-17)13-3-2-6-21(11-13)16(22)19-14-4-5-15-12(9-14)10-18-20-15/h10,13-14H,2-9,11H2,1H3,(H,18,20)(H,19,22)/t13-,14+/m1/s1. The quantitative estimate of drug-likeness (QED) is 0.858. The summed E-state index contributed by atoms with van der Waals surface area (Å²) in [4.78, 5) is 14.6. The number of piperidine rings is 1. The Kier molecular flexibility index (Phi) is 4.22. The molecule has 0 aromatic carbocycles. The van der Waals surface area contributed by atoms with Crippen molar-refractivity contribution in [2.75, 3.05) is 26.3 Å². The number of nitrogens with one attached hydrogen (secondary N) is 2. The van der Waals surface area contributed by atoms with E-state index in [1.54, 1.807) is 0 Å². The molecule has 7 nitrogen and oxygen atoms in total. The molecule has 2 amide bonds. The first-order valence-corrected chi connectivity index (χ1v) is 8.98. The van der Waals surface area contributed by atoms with Crippen molar-refractivity contribution in [2.45, 2.75) is 50.9 Å². The van der Waals surface area contributed by atoms with E-state index in [1.807, 2.05) is 18.0 Å². The molecule has 0 spiro atoms. The third-order valence-corrected chi connectivity index (χ3v) is 5.66. The van der Waals surface area contributed by atoms with Crippen LogP contribution in [0.4, 0.5) is 4.79 Å². The van der Waals surface area contributed by atoms with Gasteiger partial charge in [-0.25, -0.2) is 4.79 Å². The summed E-state index contributed by atoms with van der Waals surface area (Å²) in [7, 11) is 0. The van der Waals surface area contributed by atoms with Crippen LogP contribution in [0.1, 0.15) is 37.4 Å². The zero-order chi connectivity index (χ0) is 16.6. The Hall–Kier alpha value is -1.60. The van der Waals surface area contributed by atoms with Gasteiger partial charge >= 0.3 is 6.03 Å². The predicted octanol–water partition coefficient (Wildman–Crippen LogP) is 1.45. The maximum absolute atomic E-state index is 12.7.